The maximum Gasteiger partial charge on any atom is 0.0397 e. The molecule has 90 valence electrons. The van der Waals surface area contributed by atoms with E-state index in [1.807, 2.05) is 24.5 Å². The van der Waals surface area contributed by atoms with Gasteiger partial charge in [-0.3, -0.25) is 9.88 Å². The van der Waals surface area contributed by atoms with Gasteiger partial charge in [-0.05, 0) is 17.7 Å². The van der Waals surface area contributed by atoms with Crippen molar-refractivity contribution in [1.82, 2.24) is 9.88 Å². The van der Waals surface area contributed by atoms with Crippen molar-refractivity contribution in [2.45, 2.75) is 0 Å². The van der Waals surface area contributed by atoms with E-state index in [9.17, 15) is 0 Å². The van der Waals surface area contributed by atoms with Crippen molar-refractivity contribution in [3.63, 3.8) is 0 Å². The summed E-state index contributed by atoms with van der Waals surface area (Å²) in [6, 6.07) is 4.07. The van der Waals surface area contributed by atoms with Crippen LogP contribution in [0.25, 0.3) is 10.4 Å². The monoisotopic (exact) mass is 232 g/mol. The number of azide groups is 1. The van der Waals surface area contributed by atoms with Crippen molar-refractivity contribution in [1.29, 1.82) is 0 Å². The number of rotatable bonds is 4. The van der Waals surface area contributed by atoms with Crippen molar-refractivity contribution < 1.29 is 0 Å². The van der Waals surface area contributed by atoms with Crippen LogP contribution in [0.2, 0.25) is 0 Å². The molecule has 0 aromatic carbocycles. The Balaban J connectivity index is 1.80. The summed E-state index contributed by atoms with van der Waals surface area (Å²) in [5.74, 6) is 0. The molecule has 2 heterocycles. The van der Waals surface area contributed by atoms with Gasteiger partial charge in [0.2, 0.25) is 0 Å². The van der Waals surface area contributed by atoms with Crippen molar-refractivity contribution >= 4 is 5.69 Å². The Morgan fingerprint density at radius 3 is 2.59 bits per heavy atom. The summed E-state index contributed by atoms with van der Waals surface area (Å²) < 4.78 is 0. The Morgan fingerprint density at radius 1 is 1.24 bits per heavy atom. The molecule has 1 aliphatic rings. The lowest BCUT2D eigenvalue weighted by Crippen LogP contribution is -2.47. The van der Waals surface area contributed by atoms with Gasteiger partial charge in [0.25, 0.3) is 0 Å². The molecule has 2 rings (SSSR count). The first kappa shape index (κ1) is 11.7. The topological polar surface area (TPSA) is 68.1 Å². The highest BCUT2D eigenvalue weighted by molar-refractivity contribution is 5.44. The van der Waals surface area contributed by atoms with Crippen LogP contribution >= 0.6 is 0 Å². The fourth-order valence-electron chi connectivity index (χ4n) is 2.02. The van der Waals surface area contributed by atoms with Gasteiger partial charge in [0.1, 0.15) is 0 Å². The molecule has 1 aromatic heterocycles. The minimum Gasteiger partial charge on any atom is -0.369 e. The number of pyridine rings is 1. The third-order valence-electron chi connectivity index (χ3n) is 2.98. The van der Waals surface area contributed by atoms with Crippen molar-refractivity contribution in [3.8, 4) is 0 Å². The molecule has 1 fully saturated rings. The maximum absolute atomic E-state index is 8.21. The van der Waals surface area contributed by atoms with Crippen LogP contribution in [-0.2, 0) is 0 Å². The van der Waals surface area contributed by atoms with Gasteiger partial charge in [0, 0.05) is 62.3 Å². The predicted molar refractivity (Wildman–Crippen MR) is 66.9 cm³/mol. The lowest BCUT2D eigenvalue weighted by Gasteiger charge is -2.35. The largest absolute Gasteiger partial charge is 0.369 e. The molecule has 0 bridgehead atoms. The van der Waals surface area contributed by atoms with E-state index in [1.54, 1.807) is 0 Å². The molecule has 1 saturated heterocycles. The maximum atomic E-state index is 8.21. The first-order valence-corrected chi connectivity index (χ1v) is 5.78. The van der Waals surface area contributed by atoms with Crippen LogP contribution < -0.4 is 4.90 Å². The molecule has 0 aliphatic carbocycles. The van der Waals surface area contributed by atoms with Crippen LogP contribution in [0.15, 0.2) is 29.6 Å². The van der Waals surface area contributed by atoms with E-state index in [-0.39, 0.29) is 0 Å². The molecule has 0 amide bonds. The quantitative estimate of drug-likeness (QED) is 0.449. The molecular weight excluding hydrogens is 216 g/mol. The van der Waals surface area contributed by atoms with E-state index >= 15 is 0 Å². The van der Waals surface area contributed by atoms with E-state index in [4.69, 9.17) is 5.53 Å². The fourth-order valence-corrected chi connectivity index (χ4v) is 2.02. The Bertz CT molecular complexity index is 378. The summed E-state index contributed by atoms with van der Waals surface area (Å²) >= 11 is 0. The highest BCUT2D eigenvalue weighted by Crippen LogP contribution is 2.14. The van der Waals surface area contributed by atoms with Gasteiger partial charge in [-0.15, -0.1) is 0 Å². The van der Waals surface area contributed by atoms with Crippen LogP contribution in [0.5, 0.6) is 0 Å². The third kappa shape index (κ3) is 3.34. The van der Waals surface area contributed by atoms with E-state index < -0.39 is 0 Å². The molecule has 17 heavy (non-hydrogen) atoms. The molecule has 1 aliphatic heterocycles. The van der Waals surface area contributed by atoms with Gasteiger partial charge in [0.05, 0.1) is 0 Å². The van der Waals surface area contributed by atoms with Gasteiger partial charge in [0.15, 0.2) is 0 Å². The summed E-state index contributed by atoms with van der Waals surface area (Å²) in [4.78, 5) is 11.5. The molecule has 0 saturated carbocycles. The average Bonchev–Trinajstić information content (AvgIpc) is 2.41. The summed E-state index contributed by atoms with van der Waals surface area (Å²) in [5.41, 5.74) is 9.44. The summed E-state index contributed by atoms with van der Waals surface area (Å²) in [6.45, 7) is 5.48. The van der Waals surface area contributed by atoms with Gasteiger partial charge < -0.3 is 4.90 Å². The number of hydrogen-bond acceptors (Lipinski definition) is 4. The van der Waals surface area contributed by atoms with Crippen molar-refractivity contribution in [2.75, 3.05) is 44.2 Å². The Morgan fingerprint density at radius 2 is 1.94 bits per heavy atom. The Labute approximate surface area is 100 Å². The lowest BCUT2D eigenvalue weighted by molar-refractivity contribution is 0.265. The van der Waals surface area contributed by atoms with Gasteiger partial charge in [-0.1, -0.05) is 5.11 Å². The zero-order valence-corrected chi connectivity index (χ0v) is 9.74. The SMILES string of the molecule is [N-]=[N+]=NCCN1CCN(c2ccncc2)CC1. The number of piperazine rings is 1. The number of aromatic nitrogens is 1. The lowest BCUT2D eigenvalue weighted by atomic mass is 10.2. The molecule has 0 N–H and O–H groups in total. The van der Waals surface area contributed by atoms with Crippen LogP contribution in [0, 0.1) is 0 Å². The zero-order valence-electron chi connectivity index (χ0n) is 9.74. The molecule has 0 atom stereocenters. The third-order valence-corrected chi connectivity index (χ3v) is 2.98. The number of anilines is 1. The second kappa shape index (κ2) is 6.08. The van der Waals surface area contributed by atoms with Crippen molar-refractivity contribution in [3.05, 3.63) is 35.0 Å². The number of nitrogens with zero attached hydrogens (tertiary/aromatic N) is 6. The fraction of sp³-hybridized carbons (Fsp3) is 0.545. The second-order valence-corrected chi connectivity index (χ2v) is 3.99. The Kier molecular flexibility index (Phi) is 4.18. The van der Waals surface area contributed by atoms with E-state index in [0.29, 0.717) is 6.54 Å². The molecule has 1 aromatic rings. The van der Waals surface area contributed by atoms with Gasteiger partial charge in [-0.25, -0.2) is 0 Å². The van der Waals surface area contributed by atoms with Crippen LogP contribution in [0.3, 0.4) is 0 Å². The standard InChI is InChI=1S/C11H16N6/c12-15-14-5-6-16-7-9-17(10-8-16)11-1-3-13-4-2-11/h1-4H,5-10H2. The van der Waals surface area contributed by atoms with Crippen LogP contribution in [0.4, 0.5) is 5.69 Å². The predicted octanol–water partition coefficient (Wildman–Crippen LogP) is 1.51. The number of hydrogen-bond donors (Lipinski definition) is 0. The first-order chi connectivity index (χ1) is 8.40. The molecule has 6 nitrogen and oxygen atoms in total. The van der Waals surface area contributed by atoms with Crippen LogP contribution in [0.1, 0.15) is 0 Å². The molecular formula is C11H16N6. The molecule has 0 radical (unpaired) electrons. The first-order valence-electron chi connectivity index (χ1n) is 5.78. The summed E-state index contributed by atoms with van der Waals surface area (Å²) in [6.07, 6.45) is 3.65. The smallest absolute Gasteiger partial charge is 0.0397 e. The van der Waals surface area contributed by atoms with E-state index in [1.165, 1.54) is 5.69 Å². The van der Waals surface area contributed by atoms with Gasteiger partial charge in [-0.2, -0.15) is 0 Å². The molecule has 0 spiro atoms. The highest BCUT2D eigenvalue weighted by Gasteiger charge is 2.16. The minimum absolute atomic E-state index is 0.561. The van der Waals surface area contributed by atoms with Crippen LogP contribution in [-0.4, -0.2) is 49.2 Å². The second-order valence-electron chi connectivity index (χ2n) is 3.99. The minimum atomic E-state index is 0.561. The average molecular weight is 232 g/mol. The zero-order chi connectivity index (χ0) is 11.9. The Hall–Kier alpha value is -1.78. The van der Waals surface area contributed by atoms with E-state index in [0.717, 1.165) is 32.7 Å². The molecule has 6 heteroatoms. The highest BCUT2D eigenvalue weighted by atomic mass is 15.3. The summed E-state index contributed by atoms with van der Waals surface area (Å²) in [7, 11) is 0. The van der Waals surface area contributed by atoms with Crippen molar-refractivity contribution in [2.24, 2.45) is 5.11 Å². The molecule has 0 unspecified atom stereocenters. The van der Waals surface area contributed by atoms with Gasteiger partial charge >= 0.3 is 0 Å². The normalized spacial score (nSPS) is 16.6. The van der Waals surface area contributed by atoms with E-state index in [2.05, 4.69) is 24.8 Å². The summed E-state index contributed by atoms with van der Waals surface area (Å²) in [5, 5.41) is 3.56.